The molecule has 0 spiro atoms. The number of rotatable bonds is 1. The summed E-state index contributed by atoms with van der Waals surface area (Å²) in [5.41, 5.74) is 2.60. The number of hydrogen-bond donors (Lipinski definition) is 0. The zero-order valence-corrected chi connectivity index (χ0v) is 13.0. The zero-order valence-electron chi connectivity index (χ0n) is 13.0. The Morgan fingerprint density at radius 2 is 1.83 bits per heavy atom. The number of benzene rings is 2. The minimum atomic E-state index is -4.94. The lowest BCUT2D eigenvalue weighted by Gasteiger charge is -2.31. The van der Waals surface area contributed by atoms with E-state index in [2.05, 4.69) is 0 Å². The first-order valence-corrected chi connectivity index (χ1v) is 7.59. The summed E-state index contributed by atoms with van der Waals surface area (Å²) in [6, 6.07) is 13.1. The number of nitrogens with zero attached hydrogens (tertiary/aromatic N) is 1. The molecule has 1 atom stereocenters. The van der Waals surface area contributed by atoms with Crippen molar-refractivity contribution in [2.45, 2.75) is 25.6 Å². The molecule has 124 valence electrons. The van der Waals surface area contributed by atoms with Gasteiger partial charge in [0.05, 0.1) is 6.04 Å². The first-order valence-electron chi connectivity index (χ1n) is 7.59. The van der Waals surface area contributed by atoms with Crippen molar-refractivity contribution in [3.63, 3.8) is 0 Å². The molecule has 0 radical (unpaired) electrons. The van der Waals surface area contributed by atoms with Gasteiger partial charge in [-0.2, -0.15) is 13.2 Å². The van der Waals surface area contributed by atoms with Gasteiger partial charge in [-0.15, -0.1) is 0 Å². The average molecular weight is 331 g/mol. The van der Waals surface area contributed by atoms with Crippen LogP contribution in [-0.4, -0.2) is 12.1 Å². The lowest BCUT2D eigenvalue weighted by Crippen LogP contribution is -2.43. The molecule has 0 aliphatic carbocycles. The van der Waals surface area contributed by atoms with E-state index in [0.717, 1.165) is 10.5 Å². The molecule has 5 heteroatoms. The van der Waals surface area contributed by atoms with E-state index in [1.807, 2.05) is 19.1 Å². The molecule has 0 bridgehead atoms. The molecule has 0 fully saturated rings. The van der Waals surface area contributed by atoms with Crippen LogP contribution in [0.5, 0.6) is 0 Å². The van der Waals surface area contributed by atoms with E-state index < -0.39 is 18.1 Å². The maximum atomic E-state index is 13.2. The third-order valence-corrected chi connectivity index (χ3v) is 4.03. The minimum Gasteiger partial charge on any atom is -0.293 e. The first kappa shape index (κ1) is 16.3. The smallest absolute Gasteiger partial charge is 0.293 e. The van der Waals surface area contributed by atoms with Crippen LogP contribution >= 0.6 is 0 Å². The lowest BCUT2D eigenvalue weighted by molar-refractivity contribution is -0.170. The predicted octanol–water partition coefficient (Wildman–Crippen LogP) is 4.74. The maximum absolute atomic E-state index is 13.2. The summed E-state index contributed by atoms with van der Waals surface area (Å²) in [6.07, 6.45) is -0.969. The standard InChI is InChI=1S/C19H16F3NO/c1-13-10-11-17-15(12-13)8-5-9-16(14-6-3-2-4-7-14)23(17)18(24)19(20,21)22/h2-7,9-12,16H,8H2,1H3/t16-/m0/s1. The number of fused-ring (bicyclic) bond motifs is 1. The number of alkyl halides is 3. The highest BCUT2D eigenvalue weighted by molar-refractivity contribution is 5.99. The SMILES string of the molecule is Cc1ccc2c(c1)CC=C[C@@H](c1ccccc1)N2C(=O)C(F)(F)F. The predicted molar refractivity (Wildman–Crippen MR) is 86.7 cm³/mol. The third kappa shape index (κ3) is 3.07. The van der Waals surface area contributed by atoms with Crippen LogP contribution < -0.4 is 4.90 Å². The molecule has 0 N–H and O–H groups in total. The summed E-state index contributed by atoms with van der Waals surface area (Å²) < 4.78 is 39.6. The second-order valence-electron chi connectivity index (χ2n) is 5.79. The van der Waals surface area contributed by atoms with Crippen LogP contribution in [-0.2, 0) is 11.2 Å². The molecule has 1 heterocycles. The van der Waals surface area contributed by atoms with E-state index in [1.165, 1.54) is 0 Å². The van der Waals surface area contributed by atoms with Gasteiger partial charge in [0.2, 0.25) is 0 Å². The monoisotopic (exact) mass is 331 g/mol. The minimum absolute atomic E-state index is 0.307. The Labute approximate surface area is 138 Å². The maximum Gasteiger partial charge on any atom is 0.471 e. The van der Waals surface area contributed by atoms with Gasteiger partial charge in [-0.25, -0.2) is 0 Å². The summed E-state index contributed by atoms with van der Waals surface area (Å²) in [5, 5.41) is 0. The Bertz CT molecular complexity index is 781. The summed E-state index contributed by atoms with van der Waals surface area (Å²) in [6.45, 7) is 1.87. The Balaban J connectivity index is 2.18. The number of halogens is 3. The normalized spacial score (nSPS) is 17.3. The van der Waals surface area contributed by atoms with Gasteiger partial charge in [0.1, 0.15) is 0 Å². The van der Waals surface area contributed by atoms with E-state index in [1.54, 1.807) is 48.5 Å². The largest absolute Gasteiger partial charge is 0.471 e. The number of carbonyl (C=O) groups excluding carboxylic acids is 1. The molecule has 2 aromatic carbocycles. The molecule has 2 aromatic rings. The first-order chi connectivity index (χ1) is 11.4. The highest BCUT2D eigenvalue weighted by atomic mass is 19.4. The van der Waals surface area contributed by atoms with Gasteiger partial charge < -0.3 is 0 Å². The summed E-state index contributed by atoms with van der Waals surface area (Å²) in [4.78, 5) is 13.0. The van der Waals surface area contributed by atoms with Crippen molar-refractivity contribution in [1.29, 1.82) is 0 Å². The van der Waals surface area contributed by atoms with Gasteiger partial charge in [-0.3, -0.25) is 9.69 Å². The Kier molecular flexibility index (Phi) is 4.18. The van der Waals surface area contributed by atoms with Crippen LogP contribution in [0.25, 0.3) is 0 Å². The second-order valence-corrected chi connectivity index (χ2v) is 5.79. The van der Waals surface area contributed by atoms with Gasteiger partial charge in [0, 0.05) is 5.69 Å². The van der Waals surface area contributed by atoms with Crippen LogP contribution in [0, 0.1) is 6.92 Å². The summed E-state index contributed by atoms with van der Waals surface area (Å²) >= 11 is 0. The van der Waals surface area contributed by atoms with Crippen molar-refractivity contribution in [3.8, 4) is 0 Å². The second kappa shape index (κ2) is 6.15. The van der Waals surface area contributed by atoms with E-state index in [0.29, 0.717) is 23.2 Å². The Morgan fingerprint density at radius 3 is 2.50 bits per heavy atom. The average Bonchev–Trinajstić information content (AvgIpc) is 2.73. The van der Waals surface area contributed by atoms with Gasteiger partial charge >= 0.3 is 12.1 Å². The molecule has 0 saturated carbocycles. The van der Waals surface area contributed by atoms with E-state index in [4.69, 9.17) is 0 Å². The molecular weight excluding hydrogens is 315 g/mol. The lowest BCUT2D eigenvalue weighted by atomic mass is 10.0. The number of amides is 1. The molecule has 1 aliphatic heterocycles. The van der Waals surface area contributed by atoms with Gasteiger partial charge in [-0.05, 0) is 30.5 Å². The van der Waals surface area contributed by atoms with Crippen LogP contribution in [0.4, 0.5) is 18.9 Å². The van der Waals surface area contributed by atoms with Crippen LogP contribution in [0.1, 0.15) is 22.7 Å². The van der Waals surface area contributed by atoms with Crippen molar-refractivity contribution in [1.82, 2.24) is 0 Å². The fourth-order valence-corrected chi connectivity index (χ4v) is 2.96. The fourth-order valence-electron chi connectivity index (χ4n) is 2.96. The van der Waals surface area contributed by atoms with Crippen LogP contribution in [0.2, 0.25) is 0 Å². The van der Waals surface area contributed by atoms with Gasteiger partial charge in [-0.1, -0.05) is 60.2 Å². The van der Waals surface area contributed by atoms with E-state index >= 15 is 0 Å². The highest BCUT2D eigenvalue weighted by Crippen LogP contribution is 2.37. The summed E-state index contributed by atoms with van der Waals surface area (Å²) in [7, 11) is 0. The molecule has 1 amide bonds. The quantitative estimate of drug-likeness (QED) is 0.691. The number of anilines is 1. The molecule has 1 aliphatic rings. The number of hydrogen-bond acceptors (Lipinski definition) is 1. The third-order valence-electron chi connectivity index (χ3n) is 4.03. The number of carbonyl (C=O) groups is 1. The van der Waals surface area contributed by atoms with Crippen molar-refractivity contribution < 1.29 is 18.0 Å². The molecule has 3 rings (SSSR count). The van der Waals surface area contributed by atoms with Crippen molar-refractivity contribution >= 4 is 11.6 Å². The van der Waals surface area contributed by atoms with Gasteiger partial charge in [0.15, 0.2) is 0 Å². The van der Waals surface area contributed by atoms with E-state index in [9.17, 15) is 18.0 Å². The van der Waals surface area contributed by atoms with Crippen LogP contribution in [0.15, 0.2) is 60.7 Å². The molecular formula is C19H16F3NO. The molecule has 0 saturated heterocycles. The Morgan fingerprint density at radius 1 is 1.12 bits per heavy atom. The van der Waals surface area contributed by atoms with Crippen molar-refractivity contribution in [2.75, 3.05) is 4.90 Å². The van der Waals surface area contributed by atoms with Crippen molar-refractivity contribution in [3.05, 3.63) is 77.4 Å². The Hall–Kier alpha value is -2.56. The summed E-state index contributed by atoms with van der Waals surface area (Å²) in [5.74, 6) is -1.85. The number of aryl methyl sites for hydroxylation is 1. The van der Waals surface area contributed by atoms with Crippen molar-refractivity contribution in [2.24, 2.45) is 0 Å². The highest BCUT2D eigenvalue weighted by Gasteiger charge is 2.46. The van der Waals surface area contributed by atoms with Gasteiger partial charge in [0.25, 0.3) is 0 Å². The topological polar surface area (TPSA) is 20.3 Å². The molecule has 0 unspecified atom stereocenters. The fraction of sp³-hybridized carbons (Fsp3) is 0.211. The molecule has 24 heavy (non-hydrogen) atoms. The number of allylic oxidation sites excluding steroid dienone is 1. The van der Waals surface area contributed by atoms with E-state index in [-0.39, 0.29) is 0 Å². The van der Waals surface area contributed by atoms with Crippen LogP contribution in [0.3, 0.4) is 0 Å². The molecule has 0 aromatic heterocycles. The zero-order chi connectivity index (χ0) is 17.3. The molecule has 2 nitrogen and oxygen atoms in total.